The van der Waals surface area contributed by atoms with Crippen molar-refractivity contribution in [3.05, 3.63) is 52.2 Å². The van der Waals surface area contributed by atoms with Gasteiger partial charge in [-0.15, -0.1) is 0 Å². The number of rotatable bonds is 6. The van der Waals surface area contributed by atoms with Gasteiger partial charge in [-0.3, -0.25) is 14.9 Å². The summed E-state index contributed by atoms with van der Waals surface area (Å²) in [4.78, 5) is 32.3. The lowest BCUT2D eigenvalue weighted by molar-refractivity contribution is -0.384. The van der Waals surface area contributed by atoms with Gasteiger partial charge in [0.1, 0.15) is 0 Å². The Morgan fingerprint density at radius 1 is 1.38 bits per heavy atom. The van der Waals surface area contributed by atoms with Gasteiger partial charge in [0.2, 0.25) is 17.6 Å². The zero-order chi connectivity index (χ0) is 20.5. The summed E-state index contributed by atoms with van der Waals surface area (Å²) >= 11 is 0. The lowest BCUT2D eigenvalue weighted by Gasteiger charge is -2.10. The first-order valence-corrected chi connectivity index (χ1v) is 9.27. The number of ether oxygens (including phenoxy) is 1. The fourth-order valence-corrected chi connectivity index (χ4v) is 3.70. The number of H-pyrrole nitrogens is 1. The van der Waals surface area contributed by atoms with Crippen molar-refractivity contribution in [1.29, 1.82) is 0 Å². The molecule has 29 heavy (non-hydrogen) atoms. The lowest BCUT2D eigenvalue weighted by Crippen LogP contribution is -2.23. The first kappa shape index (κ1) is 18.7. The molecule has 0 spiro atoms. The molecule has 1 atom stereocenters. The van der Waals surface area contributed by atoms with E-state index >= 15 is 0 Å². The van der Waals surface area contributed by atoms with Crippen LogP contribution in [0.1, 0.15) is 12.0 Å². The molecule has 1 aliphatic rings. The van der Waals surface area contributed by atoms with Crippen LogP contribution in [-0.4, -0.2) is 46.4 Å². The third-order valence-corrected chi connectivity index (χ3v) is 5.29. The molecule has 2 aromatic heterocycles. The van der Waals surface area contributed by atoms with Crippen molar-refractivity contribution >= 4 is 34.0 Å². The Hall–Kier alpha value is -3.62. The van der Waals surface area contributed by atoms with E-state index in [9.17, 15) is 14.9 Å². The monoisotopic (exact) mass is 395 g/mol. The van der Waals surface area contributed by atoms with Crippen LogP contribution in [0.2, 0.25) is 0 Å². The molecule has 2 N–H and O–H groups in total. The average molecular weight is 395 g/mol. The van der Waals surface area contributed by atoms with Crippen molar-refractivity contribution in [2.75, 3.05) is 26.0 Å². The van der Waals surface area contributed by atoms with Crippen molar-refractivity contribution in [3.63, 3.8) is 0 Å². The summed E-state index contributed by atoms with van der Waals surface area (Å²) in [6.45, 7) is 0.782. The number of nitrogens with zero attached hydrogens (tertiary/aromatic N) is 3. The molecule has 1 fully saturated rings. The number of aromatic nitrogens is 2. The van der Waals surface area contributed by atoms with Crippen LogP contribution in [0, 0.1) is 16.0 Å². The van der Waals surface area contributed by atoms with Crippen LogP contribution in [0.15, 0.2) is 36.5 Å². The van der Waals surface area contributed by atoms with Crippen LogP contribution in [-0.2, 0) is 11.2 Å². The standard InChI is InChI=1S/C20H21N5O4/c1-24-8-7-12(20(24)26)9-13-11-21-16-4-3-14(10-15(13)16)22-19-17(25(27)28)5-6-18(23-19)29-2/h3-6,10-12,21H,7-9H2,1-2H3,(H,22,23). The van der Waals surface area contributed by atoms with Crippen LogP contribution in [0.4, 0.5) is 17.2 Å². The normalized spacial score (nSPS) is 16.4. The molecule has 1 amide bonds. The molecule has 1 unspecified atom stereocenters. The summed E-state index contributed by atoms with van der Waals surface area (Å²) in [7, 11) is 3.28. The number of nitrogens with one attached hydrogen (secondary N) is 2. The van der Waals surface area contributed by atoms with Crippen LogP contribution in [0.3, 0.4) is 0 Å². The fourth-order valence-electron chi connectivity index (χ4n) is 3.70. The molecule has 0 saturated carbocycles. The first-order chi connectivity index (χ1) is 14.0. The topological polar surface area (TPSA) is 113 Å². The molecule has 3 aromatic rings. The molecule has 1 aromatic carbocycles. The number of aromatic amines is 1. The number of pyridine rings is 1. The second kappa shape index (κ2) is 7.42. The van der Waals surface area contributed by atoms with E-state index in [0.29, 0.717) is 12.1 Å². The molecule has 3 heterocycles. The number of anilines is 2. The van der Waals surface area contributed by atoms with Crippen LogP contribution in [0.5, 0.6) is 5.88 Å². The molecule has 1 aliphatic heterocycles. The Bertz CT molecular complexity index is 1090. The quantitative estimate of drug-likeness (QED) is 0.489. The van der Waals surface area contributed by atoms with Gasteiger partial charge < -0.3 is 19.9 Å². The maximum absolute atomic E-state index is 12.3. The largest absolute Gasteiger partial charge is 0.481 e. The van der Waals surface area contributed by atoms with Gasteiger partial charge in [0.25, 0.3) is 0 Å². The summed E-state index contributed by atoms with van der Waals surface area (Å²) in [5.74, 6) is 0.547. The number of hydrogen-bond donors (Lipinski definition) is 2. The highest BCUT2D eigenvalue weighted by Crippen LogP contribution is 2.31. The van der Waals surface area contributed by atoms with E-state index in [1.807, 2.05) is 31.4 Å². The minimum Gasteiger partial charge on any atom is -0.481 e. The molecule has 0 bridgehead atoms. The van der Waals surface area contributed by atoms with Crippen molar-refractivity contribution < 1.29 is 14.5 Å². The van der Waals surface area contributed by atoms with E-state index in [-0.39, 0.29) is 29.2 Å². The Kier molecular flexibility index (Phi) is 4.79. The van der Waals surface area contributed by atoms with Crippen LogP contribution < -0.4 is 10.1 Å². The number of amides is 1. The molecule has 9 heteroatoms. The highest BCUT2D eigenvalue weighted by Gasteiger charge is 2.29. The average Bonchev–Trinajstić information content (AvgIpc) is 3.25. The maximum Gasteiger partial charge on any atom is 0.311 e. The van der Waals surface area contributed by atoms with E-state index in [1.165, 1.54) is 19.2 Å². The van der Waals surface area contributed by atoms with Gasteiger partial charge in [-0.25, -0.2) is 0 Å². The SMILES string of the molecule is COc1ccc([N+](=O)[O-])c(Nc2ccc3[nH]cc(CC4CCN(C)C4=O)c3c2)n1. The van der Waals surface area contributed by atoms with Crippen molar-refractivity contribution in [2.45, 2.75) is 12.8 Å². The molecule has 150 valence electrons. The van der Waals surface area contributed by atoms with Crippen molar-refractivity contribution in [3.8, 4) is 5.88 Å². The minimum atomic E-state index is -0.489. The van der Waals surface area contributed by atoms with E-state index in [2.05, 4.69) is 15.3 Å². The van der Waals surface area contributed by atoms with Gasteiger partial charge in [-0.05, 0) is 36.6 Å². The van der Waals surface area contributed by atoms with Gasteiger partial charge >= 0.3 is 5.69 Å². The molecule has 0 aliphatic carbocycles. The Balaban J connectivity index is 1.64. The van der Waals surface area contributed by atoms with E-state index in [4.69, 9.17) is 4.74 Å². The van der Waals surface area contributed by atoms with Gasteiger partial charge in [-0.2, -0.15) is 4.98 Å². The maximum atomic E-state index is 12.3. The van der Waals surface area contributed by atoms with Gasteiger partial charge in [0.15, 0.2) is 0 Å². The summed E-state index contributed by atoms with van der Waals surface area (Å²) in [5, 5.41) is 15.3. The number of fused-ring (bicyclic) bond motifs is 1. The second-order valence-electron chi connectivity index (χ2n) is 7.13. The number of likely N-dealkylation sites (tertiary alicyclic amines) is 1. The van der Waals surface area contributed by atoms with Crippen LogP contribution in [0.25, 0.3) is 10.9 Å². The zero-order valence-corrected chi connectivity index (χ0v) is 16.1. The molecular formula is C20H21N5O4. The minimum absolute atomic E-state index is 0.0169. The number of benzene rings is 1. The number of carbonyl (C=O) groups excluding carboxylic acids is 1. The highest BCUT2D eigenvalue weighted by molar-refractivity contribution is 5.88. The van der Waals surface area contributed by atoms with E-state index in [1.54, 1.807) is 4.90 Å². The number of methoxy groups -OCH3 is 1. The summed E-state index contributed by atoms with van der Waals surface area (Å²) in [5.41, 5.74) is 2.51. The fraction of sp³-hybridized carbons (Fsp3) is 0.300. The Morgan fingerprint density at radius 2 is 2.21 bits per heavy atom. The molecule has 1 saturated heterocycles. The Morgan fingerprint density at radius 3 is 2.90 bits per heavy atom. The first-order valence-electron chi connectivity index (χ1n) is 9.27. The molecule has 0 radical (unpaired) electrons. The highest BCUT2D eigenvalue weighted by atomic mass is 16.6. The van der Waals surface area contributed by atoms with E-state index in [0.717, 1.165) is 29.4 Å². The third-order valence-electron chi connectivity index (χ3n) is 5.29. The third kappa shape index (κ3) is 3.58. The molecular weight excluding hydrogens is 374 g/mol. The molecule has 9 nitrogen and oxygen atoms in total. The van der Waals surface area contributed by atoms with Gasteiger partial charge in [-0.1, -0.05) is 0 Å². The predicted octanol–water partition coefficient (Wildman–Crippen LogP) is 3.24. The number of hydrogen-bond acceptors (Lipinski definition) is 6. The summed E-state index contributed by atoms with van der Waals surface area (Å²) in [6.07, 6.45) is 3.43. The van der Waals surface area contributed by atoms with Crippen molar-refractivity contribution in [2.24, 2.45) is 5.92 Å². The second-order valence-corrected chi connectivity index (χ2v) is 7.13. The Labute approximate surface area is 166 Å². The van der Waals surface area contributed by atoms with Crippen molar-refractivity contribution in [1.82, 2.24) is 14.9 Å². The molecule has 4 rings (SSSR count). The smallest absolute Gasteiger partial charge is 0.311 e. The predicted molar refractivity (Wildman–Crippen MR) is 108 cm³/mol. The number of nitro groups is 1. The van der Waals surface area contributed by atoms with Gasteiger partial charge in [0, 0.05) is 54.4 Å². The summed E-state index contributed by atoms with van der Waals surface area (Å²) < 4.78 is 5.08. The van der Waals surface area contributed by atoms with Gasteiger partial charge in [0.05, 0.1) is 12.0 Å². The number of carbonyl (C=O) groups is 1. The zero-order valence-electron chi connectivity index (χ0n) is 16.1. The summed E-state index contributed by atoms with van der Waals surface area (Å²) in [6, 6.07) is 8.44. The van der Waals surface area contributed by atoms with Crippen LogP contribution >= 0.6 is 0 Å². The van der Waals surface area contributed by atoms with E-state index < -0.39 is 4.92 Å². The lowest BCUT2D eigenvalue weighted by atomic mass is 9.97.